The topological polar surface area (TPSA) is 111 Å². The molecule has 170 valence electrons. The Morgan fingerprint density at radius 3 is 2.21 bits per heavy atom. The van der Waals surface area contributed by atoms with Crippen molar-refractivity contribution in [3.8, 4) is 17.2 Å². The van der Waals surface area contributed by atoms with Crippen LogP contribution >= 0.6 is 0 Å². The van der Waals surface area contributed by atoms with Gasteiger partial charge >= 0.3 is 5.91 Å². The average Bonchev–Trinajstić information content (AvgIpc) is 3.38. The molecule has 1 aliphatic rings. The minimum atomic E-state index is -1.04. The number of Topliss-reactive ketones (excluding diaryl/α,β-unsaturated/α-hetero) is 1. The SMILES string of the molecule is COc1ccc(/C(O)=C2\C(=O)C(=O)N(c3cc(C)on3)C2c2cc(OC)ccc2OC)cc1. The molecule has 9 nitrogen and oxygen atoms in total. The van der Waals surface area contributed by atoms with Crippen molar-refractivity contribution in [2.45, 2.75) is 13.0 Å². The number of aliphatic hydroxyl groups is 1. The molecule has 33 heavy (non-hydrogen) atoms. The van der Waals surface area contributed by atoms with Crippen LogP contribution in [0.5, 0.6) is 17.2 Å². The number of anilines is 1. The number of aromatic nitrogens is 1. The number of rotatable bonds is 6. The van der Waals surface area contributed by atoms with Crippen LogP contribution in [0.4, 0.5) is 5.82 Å². The Hall–Kier alpha value is -4.27. The maximum Gasteiger partial charge on any atom is 0.301 e. The first kappa shape index (κ1) is 21.9. The summed E-state index contributed by atoms with van der Waals surface area (Å²) in [4.78, 5) is 27.5. The van der Waals surface area contributed by atoms with Gasteiger partial charge in [-0.15, -0.1) is 0 Å². The molecule has 1 saturated heterocycles. The number of benzene rings is 2. The molecule has 1 amide bonds. The molecule has 1 N–H and O–H groups in total. The lowest BCUT2D eigenvalue weighted by atomic mass is 9.94. The highest BCUT2D eigenvalue weighted by Gasteiger charge is 2.49. The molecule has 1 aliphatic heterocycles. The number of aliphatic hydroxyl groups excluding tert-OH is 1. The third kappa shape index (κ3) is 3.78. The maximum atomic E-state index is 13.2. The monoisotopic (exact) mass is 450 g/mol. The van der Waals surface area contributed by atoms with Crippen molar-refractivity contribution in [3.05, 3.63) is 71.0 Å². The first-order chi connectivity index (χ1) is 15.9. The number of aryl methyl sites for hydroxylation is 1. The fourth-order valence-electron chi connectivity index (χ4n) is 3.79. The Balaban J connectivity index is 1.98. The normalized spacial score (nSPS) is 17.3. The molecule has 0 radical (unpaired) electrons. The van der Waals surface area contributed by atoms with Crippen LogP contribution in [0.3, 0.4) is 0 Å². The molecule has 2 heterocycles. The van der Waals surface area contributed by atoms with Crippen molar-refractivity contribution in [2.75, 3.05) is 26.2 Å². The van der Waals surface area contributed by atoms with Crippen LogP contribution < -0.4 is 19.1 Å². The van der Waals surface area contributed by atoms with E-state index in [1.165, 1.54) is 32.3 Å². The number of amides is 1. The van der Waals surface area contributed by atoms with Crippen LogP contribution in [0, 0.1) is 6.92 Å². The van der Waals surface area contributed by atoms with E-state index < -0.39 is 17.7 Å². The second-order valence-electron chi connectivity index (χ2n) is 7.30. The largest absolute Gasteiger partial charge is 0.507 e. The van der Waals surface area contributed by atoms with E-state index in [0.29, 0.717) is 34.1 Å². The number of hydrogen-bond acceptors (Lipinski definition) is 8. The number of ketones is 1. The second-order valence-corrected chi connectivity index (χ2v) is 7.30. The maximum absolute atomic E-state index is 13.2. The van der Waals surface area contributed by atoms with Gasteiger partial charge in [0.1, 0.15) is 34.8 Å². The summed E-state index contributed by atoms with van der Waals surface area (Å²) >= 11 is 0. The average molecular weight is 450 g/mol. The highest BCUT2D eigenvalue weighted by atomic mass is 16.5. The summed E-state index contributed by atoms with van der Waals surface area (Å²) in [6.07, 6.45) is 0. The van der Waals surface area contributed by atoms with E-state index >= 15 is 0 Å². The van der Waals surface area contributed by atoms with Gasteiger partial charge in [0, 0.05) is 17.2 Å². The summed E-state index contributed by atoms with van der Waals surface area (Å²) in [5, 5.41) is 15.1. The highest BCUT2D eigenvalue weighted by Crippen LogP contribution is 2.45. The first-order valence-corrected chi connectivity index (χ1v) is 10.00. The van der Waals surface area contributed by atoms with Gasteiger partial charge in [-0.05, 0) is 49.4 Å². The number of nitrogens with zero attached hydrogens (tertiary/aromatic N) is 2. The standard InChI is InChI=1S/C24H22N2O7/c1-13-11-19(25-33-13)26-21(17-12-16(31-3)9-10-18(17)32-4)20(23(28)24(26)29)22(27)14-5-7-15(30-2)8-6-14/h5-12,21,27H,1-4H3/b22-20+. The zero-order valence-corrected chi connectivity index (χ0v) is 18.5. The van der Waals surface area contributed by atoms with E-state index in [0.717, 1.165) is 0 Å². The molecule has 9 heteroatoms. The number of ether oxygens (including phenoxy) is 3. The summed E-state index contributed by atoms with van der Waals surface area (Å²) < 4.78 is 21.2. The lowest BCUT2D eigenvalue weighted by molar-refractivity contribution is -0.132. The smallest absolute Gasteiger partial charge is 0.301 e. The van der Waals surface area contributed by atoms with Gasteiger partial charge in [-0.2, -0.15) is 0 Å². The van der Waals surface area contributed by atoms with Gasteiger partial charge < -0.3 is 23.8 Å². The summed E-state index contributed by atoms with van der Waals surface area (Å²) in [5.74, 6) is -0.000794. The quantitative estimate of drug-likeness (QED) is 0.344. The fraction of sp³-hybridized carbons (Fsp3) is 0.208. The Kier molecular flexibility index (Phi) is 5.78. The van der Waals surface area contributed by atoms with Crippen molar-refractivity contribution in [1.82, 2.24) is 5.16 Å². The third-order valence-electron chi connectivity index (χ3n) is 5.40. The van der Waals surface area contributed by atoms with Gasteiger partial charge in [-0.25, -0.2) is 0 Å². The molecule has 2 aromatic carbocycles. The van der Waals surface area contributed by atoms with E-state index in [-0.39, 0.29) is 17.2 Å². The molecule has 1 fully saturated rings. The van der Waals surface area contributed by atoms with Crippen molar-refractivity contribution in [2.24, 2.45) is 0 Å². The molecule has 0 bridgehead atoms. The summed E-state index contributed by atoms with van der Waals surface area (Å²) in [6.45, 7) is 1.67. The van der Waals surface area contributed by atoms with Gasteiger partial charge in [-0.3, -0.25) is 14.5 Å². The predicted molar refractivity (Wildman–Crippen MR) is 119 cm³/mol. The van der Waals surface area contributed by atoms with Crippen molar-refractivity contribution in [3.63, 3.8) is 0 Å². The van der Waals surface area contributed by atoms with Crippen LogP contribution in [0.15, 0.2) is 58.6 Å². The van der Waals surface area contributed by atoms with Crippen LogP contribution in [-0.2, 0) is 9.59 Å². The molecule has 1 atom stereocenters. The van der Waals surface area contributed by atoms with Crippen LogP contribution in [0.2, 0.25) is 0 Å². The Morgan fingerprint density at radius 1 is 0.970 bits per heavy atom. The molecule has 0 aliphatic carbocycles. The van der Waals surface area contributed by atoms with E-state index in [1.54, 1.807) is 49.4 Å². The van der Waals surface area contributed by atoms with Gasteiger partial charge in [0.25, 0.3) is 5.78 Å². The minimum absolute atomic E-state index is 0.114. The summed E-state index contributed by atoms with van der Waals surface area (Å²) in [5.41, 5.74) is 0.668. The number of carbonyl (C=O) groups is 2. The molecule has 0 saturated carbocycles. The van der Waals surface area contributed by atoms with Crippen molar-refractivity contribution >= 4 is 23.3 Å². The Morgan fingerprint density at radius 2 is 1.64 bits per heavy atom. The molecule has 3 aromatic rings. The zero-order chi connectivity index (χ0) is 23.7. The molecule has 0 spiro atoms. The predicted octanol–water partition coefficient (Wildman–Crippen LogP) is 3.64. The number of hydrogen-bond donors (Lipinski definition) is 1. The van der Waals surface area contributed by atoms with Gasteiger partial charge in [-0.1, -0.05) is 5.16 Å². The highest BCUT2D eigenvalue weighted by molar-refractivity contribution is 6.51. The summed E-state index contributed by atoms with van der Waals surface area (Å²) in [7, 11) is 4.50. The first-order valence-electron chi connectivity index (χ1n) is 10.00. The minimum Gasteiger partial charge on any atom is -0.507 e. The lowest BCUT2D eigenvalue weighted by Crippen LogP contribution is -2.30. The second kappa shape index (κ2) is 8.70. The van der Waals surface area contributed by atoms with Gasteiger partial charge in [0.05, 0.1) is 26.9 Å². The molecule has 1 aromatic heterocycles. The van der Waals surface area contributed by atoms with Crippen LogP contribution in [-0.4, -0.2) is 43.3 Å². The van der Waals surface area contributed by atoms with Crippen molar-refractivity contribution in [1.29, 1.82) is 0 Å². The van der Waals surface area contributed by atoms with Crippen LogP contribution in [0.1, 0.15) is 22.9 Å². The van der Waals surface area contributed by atoms with E-state index in [1.807, 2.05) is 0 Å². The zero-order valence-electron chi connectivity index (χ0n) is 18.5. The van der Waals surface area contributed by atoms with E-state index in [4.69, 9.17) is 18.7 Å². The van der Waals surface area contributed by atoms with Gasteiger partial charge in [0.2, 0.25) is 0 Å². The van der Waals surface area contributed by atoms with E-state index in [2.05, 4.69) is 5.16 Å². The molecule has 1 unspecified atom stereocenters. The van der Waals surface area contributed by atoms with E-state index in [9.17, 15) is 14.7 Å². The summed E-state index contributed by atoms with van der Waals surface area (Å²) in [6, 6.07) is 12.0. The Labute approximate surface area is 189 Å². The molecular formula is C24H22N2O7. The Bertz CT molecular complexity index is 1240. The number of methoxy groups -OCH3 is 3. The number of carbonyl (C=O) groups excluding carboxylic acids is 2. The van der Waals surface area contributed by atoms with Gasteiger partial charge in [0.15, 0.2) is 5.82 Å². The van der Waals surface area contributed by atoms with Crippen molar-refractivity contribution < 1.29 is 33.4 Å². The third-order valence-corrected chi connectivity index (χ3v) is 5.40. The van der Waals surface area contributed by atoms with Crippen LogP contribution in [0.25, 0.3) is 5.76 Å². The fourth-order valence-corrected chi connectivity index (χ4v) is 3.79. The molecular weight excluding hydrogens is 428 g/mol. The molecule has 4 rings (SSSR count). The lowest BCUT2D eigenvalue weighted by Gasteiger charge is -2.24.